The third-order valence-electron chi connectivity index (χ3n) is 5.30. The van der Waals surface area contributed by atoms with Crippen molar-refractivity contribution >= 4 is 0 Å². The zero-order valence-corrected chi connectivity index (χ0v) is 14.5. The Bertz CT molecular complexity index is 210. The van der Waals surface area contributed by atoms with Crippen LogP contribution >= 0.6 is 0 Å². The van der Waals surface area contributed by atoms with E-state index in [0.29, 0.717) is 6.04 Å². The van der Waals surface area contributed by atoms with E-state index < -0.39 is 0 Å². The number of hydrazine groups is 1. The van der Waals surface area contributed by atoms with Gasteiger partial charge in [0, 0.05) is 6.04 Å². The fourth-order valence-electron chi connectivity index (χ4n) is 3.84. The van der Waals surface area contributed by atoms with Crippen LogP contribution in [0.3, 0.4) is 0 Å². The second kappa shape index (κ2) is 13.6. The van der Waals surface area contributed by atoms with Gasteiger partial charge < -0.3 is 0 Å². The third kappa shape index (κ3) is 9.52. The highest BCUT2D eigenvalue weighted by Crippen LogP contribution is 2.27. The van der Waals surface area contributed by atoms with Crippen molar-refractivity contribution in [3.05, 3.63) is 0 Å². The van der Waals surface area contributed by atoms with Crippen LogP contribution in [-0.2, 0) is 0 Å². The van der Waals surface area contributed by atoms with Gasteiger partial charge in [-0.15, -0.1) is 0 Å². The Kier molecular flexibility index (Phi) is 12.3. The van der Waals surface area contributed by atoms with E-state index in [1.54, 1.807) is 0 Å². The van der Waals surface area contributed by atoms with Crippen LogP contribution in [0.1, 0.15) is 110 Å². The zero-order chi connectivity index (χ0) is 15.2. The number of hydrogen-bond donors (Lipinski definition) is 2. The minimum absolute atomic E-state index is 0.577. The molecular weight excluding hydrogens is 256 g/mol. The van der Waals surface area contributed by atoms with Gasteiger partial charge in [-0.1, -0.05) is 90.4 Å². The van der Waals surface area contributed by atoms with Gasteiger partial charge in [0.05, 0.1) is 0 Å². The number of rotatable bonds is 12. The summed E-state index contributed by atoms with van der Waals surface area (Å²) in [5.74, 6) is 6.65. The van der Waals surface area contributed by atoms with E-state index in [1.807, 2.05) is 0 Å². The van der Waals surface area contributed by atoms with Crippen molar-refractivity contribution in [1.29, 1.82) is 0 Å². The average molecular weight is 297 g/mol. The molecule has 1 unspecified atom stereocenters. The molecule has 0 radical (unpaired) electrons. The maximum absolute atomic E-state index is 5.81. The van der Waals surface area contributed by atoms with Crippen LogP contribution in [0.25, 0.3) is 0 Å². The lowest BCUT2D eigenvalue weighted by Gasteiger charge is -2.25. The van der Waals surface area contributed by atoms with Crippen molar-refractivity contribution < 1.29 is 0 Å². The Morgan fingerprint density at radius 2 is 1.33 bits per heavy atom. The van der Waals surface area contributed by atoms with E-state index in [1.165, 1.54) is 103 Å². The van der Waals surface area contributed by atoms with Crippen LogP contribution in [0.15, 0.2) is 0 Å². The largest absolute Gasteiger partial charge is 0.271 e. The SMILES string of the molecule is CCCCCCCCCCCC(NN)C1CCCCCC1. The highest BCUT2D eigenvalue weighted by molar-refractivity contribution is 4.76. The Labute approximate surface area is 133 Å². The number of hydrogen-bond acceptors (Lipinski definition) is 2. The summed E-state index contributed by atoms with van der Waals surface area (Å²) in [6.07, 6.45) is 22.5. The summed E-state index contributed by atoms with van der Waals surface area (Å²) in [7, 11) is 0. The highest BCUT2D eigenvalue weighted by Gasteiger charge is 2.21. The lowest BCUT2D eigenvalue weighted by atomic mass is 9.89. The summed E-state index contributed by atoms with van der Waals surface area (Å²) in [5, 5.41) is 0. The molecule has 1 aliphatic carbocycles. The monoisotopic (exact) mass is 296 g/mol. The summed E-state index contributed by atoms with van der Waals surface area (Å²) in [6.45, 7) is 2.29. The molecule has 0 heterocycles. The molecule has 0 spiro atoms. The van der Waals surface area contributed by atoms with Gasteiger partial charge in [0.2, 0.25) is 0 Å². The second-order valence-corrected chi connectivity index (χ2v) is 7.14. The van der Waals surface area contributed by atoms with E-state index in [4.69, 9.17) is 5.84 Å². The van der Waals surface area contributed by atoms with Crippen molar-refractivity contribution in [3.8, 4) is 0 Å². The Hall–Kier alpha value is -0.0800. The van der Waals surface area contributed by atoms with Gasteiger partial charge >= 0.3 is 0 Å². The average Bonchev–Trinajstić information content (AvgIpc) is 2.78. The van der Waals surface area contributed by atoms with Crippen molar-refractivity contribution in [2.24, 2.45) is 11.8 Å². The van der Waals surface area contributed by atoms with Crippen molar-refractivity contribution in [3.63, 3.8) is 0 Å². The third-order valence-corrected chi connectivity index (χ3v) is 5.30. The summed E-state index contributed by atoms with van der Waals surface area (Å²) < 4.78 is 0. The van der Waals surface area contributed by atoms with Gasteiger partial charge in [-0.25, -0.2) is 0 Å². The molecule has 0 bridgehead atoms. The molecule has 0 aromatic carbocycles. The molecule has 2 nitrogen and oxygen atoms in total. The van der Waals surface area contributed by atoms with E-state index in [9.17, 15) is 0 Å². The molecule has 0 aromatic rings. The van der Waals surface area contributed by atoms with Crippen LogP contribution in [0.5, 0.6) is 0 Å². The predicted octanol–water partition coefficient (Wildman–Crippen LogP) is 5.71. The first-order chi connectivity index (χ1) is 10.4. The molecular formula is C19H40N2. The maximum Gasteiger partial charge on any atom is 0.0238 e. The molecule has 1 aliphatic rings. The molecule has 1 fully saturated rings. The van der Waals surface area contributed by atoms with Gasteiger partial charge in [-0.05, 0) is 25.2 Å². The lowest BCUT2D eigenvalue weighted by molar-refractivity contribution is 0.299. The first-order valence-electron chi connectivity index (χ1n) is 9.84. The molecule has 1 rings (SSSR count). The molecule has 3 N–H and O–H groups in total. The smallest absolute Gasteiger partial charge is 0.0238 e. The first kappa shape index (κ1) is 19.0. The molecule has 0 saturated heterocycles. The lowest BCUT2D eigenvalue weighted by Crippen LogP contribution is -2.40. The summed E-state index contributed by atoms with van der Waals surface area (Å²) in [4.78, 5) is 0. The maximum atomic E-state index is 5.81. The normalized spacial score (nSPS) is 18.6. The van der Waals surface area contributed by atoms with Gasteiger partial charge in [-0.3, -0.25) is 11.3 Å². The Morgan fingerprint density at radius 1 is 0.810 bits per heavy atom. The van der Waals surface area contributed by atoms with Gasteiger partial charge in [0.15, 0.2) is 0 Å². The van der Waals surface area contributed by atoms with Gasteiger partial charge in [-0.2, -0.15) is 0 Å². The van der Waals surface area contributed by atoms with Crippen LogP contribution in [-0.4, -0.2) is 6.04 Å². The fourth-order valence-corrected chi connectivity index (χ4v) is 3.84. The minimum atomic E-state index is 0.577. The van der Waals surface area contributed by atoms with E-state index in [-0.39, 0.29) is 0 Å². The minimum Gasteiger partial charge on any atom is -0.271 e. The quantitative estimate of drug-likeness (QED) is 0.209. The topological polar surface area (TPSA) is 38.0 Å². The van der Waals surface area contributed by atoms with Gasteiger partial charge in [0.1, 0.15) is 0 Å². The Morgan fingerprint density at radius 3 is 1.86 bits per heavy atom. The van der Waals surface area contributed by atoms with Crippen LogP contribution < -0.4 is 11.3 Å². The van der Waals surface area contributed by atoms with Crippen molar-refractivity contribution in [1.82, 2.24) is 5.43 Å². The predicted molar refractivity (Wildman–Crippen MR) is 94.1 cm³/mol. The molecule has 0 amide bonds. The molecule has 2 heteroatoms. The van der Waals surface area contributed by atoms with Crippen LogP contribution in [0.2, 0.25) is 0 Å². The van der Waals surface area contributed by atoms with Crippen LogP contribution in [0.4, 0.5) is 0 Å². The molecule has 0 aromatic heterocycles. The highest BCUT2D eigenvalue weighted by atomic mass is 15.2. The molecule has 126 valence electrons. The van der Waals surface area contributed by atoms with E-state index in [2.05, 4.69) is 12.3 Å². The first-order valence-corrected chi connectivity index (χ1v) is 9.84. The molecule has 1 atom stereocenters. The number of nitrogens with two attached hydrogens (primary N) is 1. The second-order valence-electron chi connectivity index (χ2n) is 7.14. The molecule has 1 saturated carbocycles. The van der Waals surface area contributed by atoms with Crippen LogP contribution in [0, 0.1) is 5.92 Å². The number of nitrogens with one attached hydrogen (secondary N) is 1. The summed E-state index contributed by atoms with van der Waals surface area (Å²) >= 11 is 0. The van der Waals surface area contributed by atoms with E-state index >= 15 is 0 Å². The molecule has 0 aliphatic heterocycles. The molecule has 21 heavy (non-hydrogen) atoms. The van der Waals surface area contributed by atoms with Crippen molar-refractivity contribution in [2.75, 3.05) is 0 Å². The zero-order valence-electron chi connectivity index (χ0n) is 14.5. The summed E-state index contributed by atoms with van der Waals surface area (Å²) in [5.41, 5.74) is 3.12. The number of unbranched alkanes of at least 4 members (excludes halogenated alkanes) is 8. The standard InChI is InChI=1S/C19H40N2/c1-2-3-4-5-6-7-8-9-14-17-19(21-20)18-15-12-10-11-13-16-18/h18-19,21H,2-17,20H2,1H3. The van der Waals surface area contributed by atoms with Crippen molar-refractivity contribution in [2.45, 2.75) is 116 Å². The fraction of sp³-hybridized carbons (Fsp3) is 1.00. The van der Waals surface area contributed by atoms with Gasteiger partial charge in [0.25, 0.3) is 0 Å². The summed E-state index contributed by atoms with van der Waals surface area (Å²) in [6, 6.07) is 0.577. The van der Waals surface area contributed by atoms with E-state index in [0.717, 1.165) is 5.92 Å². The Balaban J connectivity index is 1.98.